The fourth-order valence-electron chi connectivity index (χ4n) is 2.20. The van der Waals surface area contributed by atoms with Crippen molar-refractivity contribution in [3.63, 3.8) is 0 Å². The number of rotatable bonds is 10. The lowest BCUT2D eigenvalue weighted by molar-refractivity contribution is 0.0946. The quantitative estimate of drug-likeness (QED) is 0.464. The molecule has 0 saturated heterocycles. The van der Waals surface area contributed by atoms with Crippen LogP contribution < -0.4 is 19.5 Å². The average molecular weight is 408 g/mol. The number of benzene rings is 2. The largest absolute Gasteiger partial charge is 0.497 e. The van der Waals surface area contributed by atoms with Crippen LogP contribution in [-0.4, -0.2) is 41.1 Å². The summed E-state index contributed by atoms with van der Waals surface area (Å²) in [7, 11) is -2.52. The number of halogens is 1. The number of nitrogens with one attached hydrogen (secondary N) is 2. The minimum Gasteiger partial charge on any atom is -0.497 e. The van der Waals surface area contributed by atoms with Gasteiger partial charge in [0.15, 0.2) is 0 Å². The van der Waals surface area contributed by atoms with E-state index in [0.717, 1.165) is 12.1 Å². The monoisotopic (exact) mass is 408 g/mol. The van der Waals surface area contributed by atoms with Gasteiger partial charge in [-0.3, -0.25) is 4.79 Å². The third kappa shape index (κ3) is 5.80. The Morgan fingerprint density at radius 1 is 1.18 bits per heavy atom. The van der Waals surface area contributed by atoms with Crippen molar-refractivity contribution in [1.29, 1.82) is 0 Å². The molecule has 0 heterocycles. The molecule has 7 nitrogen and oxygen atoms in total. The van der Waals surface area contributed by atoms with Crippen molar-refractivity contribution in [2.45, 2.75) is 4.90 Å². The minimum absolute atomic E-state index is 0.0184. The highest BCUT2D eigenvalue weighted by molar-refractivity contribution is 7.89. The van der Waals surface area contributed by atoms with Gasteiger partial charge in [0.1, 0.15) is 28.8 Å². The molecule has 0 bridgehead atoms. The third-order valence-electron chi connectivity index (χ3n) is 3.62. The minimum atomic E-state index is -4.09. The molecule has 1 amide bonds. The van der Waals surface area contributed by atoms with Crippen LogP contribution in [0.2, 0.25) is 0 Å². The lowest BCUT2D eigenvalue weighted by Crippen LogP contribution is -2.29. The van der Waals surface area contributed by atoms with E-state index in [0.29, 0.717) is 11.5 Å². The number of ether oxygens (including phenoxy) is 2. The highest BCUT2D eigenvalue weighted by Crippen LogP contribution is 2.17. The van der Waals surface area contributed by atoms with Crippen LogP contribution in [0, 0.1) is 5.82 Å². The molecule has 0 fully saturated rings. The standard InChI is InChI=1S/C19H21FN2O5S/c1-3-10-22-28(24,25)18-13-14(4-9-17(18)20)19(23)21-11-12-27-16-7-5-15(26-2)6-8-16/h3-9,13,22H,1,10-12H2,2H3,(H,21,23). The zero-order valence-electron chi connectivity index (χ0n) is 15.3. The summed E-state index contributed by atoms with van der Waals surface area (Å²) in [4.78, 5) is 11.6. The summed E-state index contributed by atoms with van der Waals surface area (Å²) in [5, 5.41) is 2.59. The van der Waals surface area contributed by atoms with Gasteiger partial charge < -0.3 is 14.8 Å². The first kappa shape index (κ1) is 21.4. The van der Waals surface area contributed by atoms with Crippen LogP contribution in [0.3, 0.4) is 0 Å². The van der Waals surface area contributed by atoms with Crippen LogP contribution in [0.25, 0.3) is 0 Å². The number of sulfonamides is 1. The summed E-state index contributed by atoms with van der Waals surface area (Å²) in [6.45, 7) is 3.72. The third-order valence-corrected chi connectivity index (χ3v) is 5.05. The van der Waals surface area contributed by atoms with Crippen molar-refractivity contribution >= 4 is 15.9 Å². The Balaban J connectivity index is 1.94. The Morgan fingerprint density at radius 3 is 2.50 bits per heavy atom. The normalized spacial score (nSPS) is 10.9. The van der Waals surface area contributed by atoms with Gasteiger partial charge in [-0.15, -0.1) is 6.58 Å². The lowest BCUT2D eigenvalue weighted by Gasteiger charge is -2.10. The van der Waals surface area contributed by atoms with Crippen molar-refractivity contribution in [3.8, 4) is 11.5 Å². The van der Waals surface area contributed by atoms with Crippen molar-refractivity contribution in [3.05, 3.63) is 66.5 Å². The number of amides is 1. The van der Waals surface area contributed by atoms with E-state index in [2.05, 4.69) is 16.6 Å². The molecular formula is C19H21FN2O5S. The zero-order chi connectivity index (χ0) is 20.6. The predicted molar refractivity (Wildman–Crippen MR) is 103 cm³/mol. The van der Waals surface area contributed by atoms with E-state index in [1.54, 1.807) is 31.4 Å². The van der Waals surface area contributed by atoms with Gasteiger partial charge in [-0.25, -0.2) is 17.5 Å². The van der Waals surface area contributed by atoms with Gasteiger partial charge in [0, 0.05) is 12.1 Å². The maximum absolute atomic E-state index is 13.9. The van der Waals surface area contributed by atoms with Crippen LogP contribution in [0.15, 0.2) is 60.0 Å². The summed E-state index contributed by atoms with van der Waals surface area (Å²) in [6.07, 6.45) is 1.33. The molecule has 0 saturated carbocycles. The topological polar surface area (TPSA) is 93.7 Å². The van der Waals surface area contributed by atoms with Crippen LogP contribution in [-0.2, 0) is 10.0 Å². The molecule has 0 aromatic heterocycles. The maximum atomic E-state index is 13.9. The average Bonchev–Trinajstić information content (AvgIpc) is 2.70. The molecule has 0 aliphatic carbocycles. The Kier molecular flexibility index (Phi) is 7.53. The molecule has 2 N–H and O–H groups in total. The Bertz CT molecular complexity index is 930. The molecule has 2 aromatic rings. The van der Waals surface area contributed by atoms with Gasteiger partial charge in [-0.05, 0) is 42.5 Å². The summed E-state index contributed by atoms with van der Waals surface area (Å²) in [5.41, 5.74) is 0.0184. The van der Waals surface area contributed by atoms with Gasteiger partial charge in [-0.1, -0.05) is 6.08 Å². The second kappa shape index (κ2) is 9.86. The summed E-state index contributed by atoms with van der Waals surface area (Å²) < 4.78 is 50.8. The zero-order valence-corrected chi connectivity index (χ0v) is 16.1. The molecule has 28 heavy (non-hydrogen) atoms. The number of methoxy groups -OCH3 is 1. The van der Waals surface area contributed by atoms with Gasteiger partial charge in [-0.2, -0.15) is 0 Å². The van der Waals surface area contributed by atoms with E-state index in [1.165, 1.54) is 12.1 Å². The van der Waals surface area contributed by atoms with E-state index in [4.69, 9.17) is 9.47 Å². The molecule has 9 heteroatoms. The highest BCUT2D eigenvalue weighted by atomic mass is 32.2. The van der Waals surface area contributed by atoms with E-state index in [1.807, 2.05) is 0 Å². The smallest absolute Gasteiger partial charge is 0.251 e. The molecule has 0 unspecified atom stereocenters. The van der Waals surface area contributed by atoms with E-state index >= 15 is 0 Å². The summed E-state index contributed by atoms with van der Waals surface area (Å²) in [6, 6.07) is 10.1. The second-order valence-corrected chi connectivity index (χ2v) is 7.30. The van der Waals surface area contributed by atoms with Crippen LogP contribution in [0.4, 0.5) is 4.39 Å². The predicted octanol–water partition coefficient (Wildman–Crippen LogP) is 2.11. The number of carbonyl (C=O) groups is 1. The van der Waals surface area contributed by atoms with Crippen molar-refractivity contribution in [2.75, 3.05) is 26.8 Å². The number of carbonyl (C=O) groups excluding carboxylic acids is 1. The van der Waals surface area contributed by atoms with Gasteiger partial charge in [0.25, 0.3) is 5.91 Å². The summed E-state index contributed by atoms with van der Waals surface area (Å²) >= 11 is 0. The van der Waals surface area contributed by atoms with Crippen molar-refractivity contribution in [1.82, 2.24) is 10.0 Å². The Hall–Kier alpha value is -2.91. The molecule has 2 rings (SSSR count). The number of hydrogen-bond donors (Lipinski definition) is 2. The SMILES string of the molecule is C=CCNS(=O)(=O)c1cc(C(=O)NCCOc2ccc(OC)cc2)ccc1F. The molecule has 0 aliphatic rings. The molecular weight excluding hydrogens is 387 g/mol. The molecule has 0 radical (unpaired) electrons. The Labute approximate surface area is 163 Å². The second-order valence-electron chi connectivity index (χ2n) is 5.57. The first-order valence-corrected chi connectivity index (χ1v) is 9.81. The van der Waals surface area contributed by atoms with Gasteiger partial charge >= 0.3 is 0 Å². The fraction of sp³-hybridized carbons (Fsp3) is 0.211. The van der Waals surface area contributed by atoms with Gasteiger partial charge in [0.05, 0.1) is 13.7 Å². The molecule has 0 atom stereocenters. The van der Waals surface area contributed by atoms with Crippen LogP contribution >= 0.6 is 0 Å². The van der Waals surface area contributed by atoms with E-state index < -0.39 is 26.6 Å². The molecule has 150 valence electrons. The fourth-order valence-corrected chi connectivity index (χ4v) is 3.30. The van der Waals surface area contributed by atoms with Crippen molar-refractivity contribution < 1.29 is 27.1 Å². The number of hydrogen-bond acceptors (Lipinski definition) is 5. The van der Waals surface area contributed by atoms with Crippen LogP contribution in [0.1, 0.15) is 10.4 Å². The van der Waals surface area contributed by atoms with Crippen LogP contribution in [0.5, 0.6) is 11.5 Å². The molecule has 0 aliphatic heterocycles. The van der Waals surface area contributed by atoms with Gasteiger partial charge in [0.2, 0.25) is 10.0 Å². The molecule has 0 spiro atoms. The lowest BCUT2D eigenvalue weighted by atomic mass is 10.2. The van der Waals surface area contributed by atoms with E-state index in [9.17, 15) is 17.6 Å². The first-order chi connectivity index (χ1) is 13.4. The Morgan fingerprint density at radius 2 is 1.86 bits per heavy atom. The van der Waals surface area contributed by atoms with E-state index in [-0.39, 0.29) is 25.3 Å². The highest BCUT2D eigenvalue weighted by Gasteiger charge is 2.20. The first-order valence-electron chi connectivity index (χ1n) is 8.32. The van der Waals surface area contributed by atoms with Crippen molar-refractivity contribution in [2.24, 2.45) is 0 Å². The summed E-state index contributed by atoms with van der Waals surface area (Å²) in [5.74, 6) is -0.182. The maximum Gasteiger partial charge on any atom is 0.251 e. The molecule has 2 aromatic carbocycles.